The van der Waals surface area contributed by atoms with Gasteiger partial charge in [-0.05, 0) is 22.0 Å². The molecule has 64 valence electrons. The van der Waals surface area contributed by atoms with Crippen molar-refractivity contribution >= 4 is 22.2 Å². The van der Waals surface area contributed by atoms with Gasteiger partial charge in [0.25, 0.3) is 0 Å². The Hall–Kier alpha value is -0.840. The first kappa shape index (κ1) is 9.25. The zero-order chi connectivity index (χ0) is 9.30. The fourth-order valence-corrected chi connectivity index (χ4v) is 1.16. The average molecular weight is 239 g/mol. The van der Waals surface area contributed by atoms with Gasteiger partial charge in [0.2, 0.25) is 0 Å². The molecule has 1 aromatic rings. The molecule has 0 heterocycles. The van der Waals surface area contributed by atoms with Gasteiger partial charge in [0.15, 0.2) is 23.7 Å². The van der Waals surface area contributed by atoms with Crippen LogP contribution in [0.1, 0.15) is 10.4 Å². The minimum atomic E-state index is -1.64. The molecule has 0 aliphatic carbocycles. The zero-order valence-corrected chi connectivity index (χ0v) is 7.16. The maximum absolute atomic E-state index is 12.6. The first-order chi connectivity index (χ1) is 5.57. The van der Waals surface area contributed by atoms with E-state index < -0.39 is 23.0 Å². The molecule has 0 aromatic heterocycles. The molecule has 12 heavy (non-hydrogen) atoms. The molecular weight excluding hydrogens is 237 g/mol. The zero-order valence-electron chi connectivity index (χ0n) is 5.57. The van der Waals surface area contributed by atoms with Crippen molar-refractivity contribution in [1.82, 2.24) is 0 Å². The Morgan fingerprint density at radius 1 is 1.25 bits per heavy atom. The Kier molecular flexibility index (Phi) is 2.52. The van der Waals surface area contributed by atoms with Gasteiger partial charge in [-0.25, -0.2) is 13.2 Å². The van der Waals surface area contributed by atoms with Gasteiger partial charge in [-0.1, -0.05) is 0 Å². The summed E-state index contributed by atoms with van der Waals surface area (Å²) in [5.41, 5.74) is -0.520. The standard InChI is InChI=1S/C7H2BrF3O/c8-4-1-5(9)7(11)6(10)3(4)2-12/h1-2H. The third-order valence-corrected chi connectivity index (χ3v) is 1.92. The van der Waals surface area contributed by atoms with Crippen LogP contribution in [0.5, 0.6) is 0 Å². The summed E-state index contributed by atoms with van der Waals surface area (Å²) in [4.78, 5) is 10.2. The summed E-state index contributed by atoms with van der Waals surface area (Å²) in [6, 6.07) is 0.697. The van der Waals surface area contributed by atoms with Crippen molar-refractivity contribution in [2.75, 3.05) is 0 Å². The summed E-state index contributed by atoms with van der Waals surface area (Å²) < 4.78 is 37.4. The number of hydrogen-bond donors (Lipinski definition) is 0. The topological polar surface area (TPSA) is 17.1 Å². The van der Waals surface area contributed by atoms with Crippen LogP contribution in [0.15, 0.2) is 10.5 Å². The van der Waals surface area contributed by atoms with Crippen molar-refractivity contribution in [1.29, 1.82) is 0 Å². The lowest BCUT2D eigenvalue weighted by Crippen LogP contribution is -1.97. The molecule has 0 bridgehead atoms. The van der Waals surface area contributed by atoms with E-state index in [4.69, 9.17) is 0 Å². The lowest BCUT2D eigenvalue weighted by molar-refractivity contribution is 0.111. The molecular formula is C7H2BrF3O. The Morgan fingerprint density at radius 3 is 2.33 bits per heavy atom. The van der Waals surface area contributed by atoms with E-state index in [1.54, 1.807) is 0 Å². The summed E-state index contributed by atoms with van der Waals surface area (Å²) in [5.74, 6) is -4.44. The molecule has 0 aliphatic rings. The average Bonchev–Trinajstić information content (AvgIpc) is 2.01. The highest BCUT2D eigenvalue weighted by atomic mass is 79.9. The smallest absolute Gasteiger partial charge is 0.195 e. The van der Waals surface area contributed by atoms with Crippen LogP contribution in [0.25, 0.3) is 0 Å². The first-order valence-electron chi connectivity index (χ1n) is 2.86. The highest BCUT2D eigenvalue weighted by Gasteiger charge is 2.16. The maximum atomic E-state index is 12.6. The summed E-state index contributed by atoms with van der Waals surface area (Å²) in [5, 5.41) is 0. The molecule has 1 nitrogen and oxygen atoms in total. The van der Waals surface area contributed by atoms with Crippen molar-refractivity contribution in [3.8, 4) is 0 Å². The third-order valence-electron chi connectivity index (χ3n) is 1.27. The van der Waals surface area contributed by atoms with Gasteiger partial charge in [-0.2, -0.15) is 0 Å². The van der Waals surface area contributed by atoms with Crippen molar-refractivity contribution in [2.24, 2.45) is 0 Å². The van der Waals surface area contributed by atoms with Crippen molar-refractivity contribution < 1.29 is 18.0 Å². The summed E-state index contributed by atoms with van der Waals surface area (Å²) in [6.07, 6.45) is 0.113. The van der Waals surface area contributed by atoms with Crippen LogP contribution in [0, 0.1) is 17.5 Å². The molecule has 0 N–H and O–H groups in total. The van der Waals surface area contributed by atoms with E-state index in [0.717, 1.165) is 0 Å². The molecule has 0 saturated heterocycles. The number of benzene rings is 1. The van der Waals surface area contributed by atoms with Crippen molar-refractivity contribution in [2.45, 2.75) is 0 Å². The molecule has 0 saturated carbocycles. The number of rotatable bonds is 1. The van der Waals surface area contributed by atoms with Crippen LogP contribution < -0.4 is 0 Å². The molecule has 1 rings (SSSR count). The highest BCUT2D eigenvalue weighted by Crippen LogP contribution is 2.22. The Labute approximate surface area is 74.3 Å². The predicted octanol–water partition coefficient (Wildman–Crippen LogP) is 2.68. The fourth-order valence-electron chi connectivity index (χ4n) is 0.688. The van der Waals surface area contributed by atoms with Gasteiger partial charge in [0, 0.05) is 4.47 Å². The normalized spacial score (nSPS) is 10.0. The lowest BCUT2D eigenvalue weighted by atomic mass is 10.2. The third kappa shape index (κ3) is 1.36. The number of carbonyl (C=O) groups is 1. The molecule has 0 radical (unpaired) electrons. The second-order valence-corrected chi connectivity index (χ2v) is 2.85. The quantitative estimate of drug-likeness (QED) is 0.418. The van der Waals surface area contributed by atoms with Crippen LogP contribution in [-0.4, -0.2) is 6.29 Å². The first-order valence-corrected chi connectivity index (χ1v) is 3.65. The summed E-state index contributed by atoms with van der Waals surface area (Å²) >= 11 is 2.71. The molecule has 0 aliphatic heterocycles. The van der Waals surface area contributed by atoms with Crippen LogP contribution in [0.2, 0.25) is 0 Å². The fraction of sp³-hybridized carbons (Fsp3) is 0. The lowest BCUT2D eigenvalue weighted by Gasteiger charge is -2.00. The number of halogens is 4. The van der Waals surface area contributed by atoms with E-state index in [2.05, 4.69) is 15.9 Å². The van der Waals surface area contributed by atoms with Crippen LogP contribution >= 0.6 is 15.9 Å². The predicted molar refractivity (Wildman–Crippen MR) is 39.4 cm³/mol. The molecule has 0 fully saturated rings. The van der Waals surface area contributed by atoms with Gasteiger partial charge >= 0.3 is 0 Å². The minimum absolute atomic E-state index is 0.103. The molecule has 0 amide bonds. The largest absolute Gasteiger partial charge is 0.298 e. The Balaban J connectivity index is 3.51. The monoisotopic (exact) mass is 238 g/mol. The van der Waals surface area contributed by atoms with Gasteiger partial charge in [0.05, 0.1) is 5.56 Å². The maximum Gasteiger partial charge on any atom is 0.195 e. The van der Waals surface area contributed by atoms with Crippen LogP contribution in [-0.2, 0) is 0 Å². The van der Waals surface area contributed by atoms with Crippen LogP contribution in [0.3, 0.4) is 0 Å². The van der Waals surface area contributed by atoms with E-state index in [0.29, 0.717) is 6.07 Å². The summed E-state index contributed by atoms with van der Waals surface area (Å²) in [7, 11) is 0. The van der Waals surface area contributed by atoms with E-state index in [-0.39, 0.29) is 10.8 Å². The van der Waals surface area contributed by atoms with Crippen molar-refractivity contribution in [3.05, 3.63) is 33.6 Å². The molecule has 0 atom stereocenters. The van der Waals surface area contributed by atoms with E-state index in [9.17, 15) is 18.0 Å². The van der Waals surface area contributed by atoms with Crippen molar-refractivity contribution in [3.63, 3.8) is 0 Å². The van der Waals surface area contributed by atoms with Gasteiger partial charge < -0.3 is 0 Å². The molecule has 0 spiro atoms. The molecule has 0 unspecified atom stereocenters. The van der Waals surface area contributed by atoms with Gasteiger partial charge in [0.1, 0.15) is 0 Å². The number of carbonyl (C=O) groups excluding carboxylic acids is 1. The van der Waals surface area contributed by atoms with Gasteiger partial charge in [-0.3, -0.25) is 4.79 Å². The van der Waals surface area contributed by atoms with E-state index >= 15 is 0 Å². The highest BCUT2D eigenvalue weighted by molar-refractivity contribution is 9.10. The van der Waals surface area contributed by atoms with Gasteiger partial charge in [-0.15, -0.1) is 0 Å². The Morgan fingerprint density at radius 2 is 1.83 bits per heavy atom. The SMILES string of the molecule is O=Cc1c(Br)cc(F)c(F)c1F. The van der Waals surface area contributed by atoms with E-state index in [1.165, 1.54) is 0 Å². The Bertz CT molecular complexity index is 338. The second kappa shape index (κ2) is 3.26. The molecule has 1 aromatic carbocycles. The molecule has 5 heteroatoms. The second-order valence-electron chi connectivity index (χ2n) is 2.00. The van der Waals surface area contributed by atoms with Crippen LogP contribution in [0.4, 0.5) is 13.2 Å². The summed E-state index contributed by atoms with van der Waals surface area (Å²) in [6.45, 7) is 0. The minimum Gasteiger partial charge on any atom is -0.298 e. The number of hydrogen-bond acceptors (Lipinski definition) is 1. The van der Waals surface area contributed by atoms with E-state index in [1.807, 2.05) is 0 Å². The number of aldehydes is 1.